The summed E-state index contributed by atoms with van der Waals surface area (Å²) in [5, 5.41) is -0.308. The van der Waals surface area contributed by atoms with Crippen molar-refractivity contribution in [3.05, 3.63) is 0 Å². The number of ether oxygens (including phenoxy) is 2. The Morgan fingerprint density at radius 2 is 0.833 bits per heavy atom. The highest BCUT2D eigenvalue weighted by Crippen LogP contribution is 2.57. The van der Waals surface area contributed by atoms with E-state index in [0.29, 0.717) is 0 Å². The molecule has 0 aliphatic carbocycles. The molecule has 3 fully saturated rings. The summed E-state index contributed by atoms with van der Waals surface area (Å²) in [5.41, 5.74) is -0.687. The summed E-state index contributed by atoms with van der Waals surface area (Å²) in [6.07, 6.45) is 0. The van der Waals surface area contributed by atoms with Crippen molar-refractivity contribution in [1.82, 2.24) is 0 Å². The Balaban J connectivity index is 0.000000292. The molecule has 6 nitrogen and oxygen atoms in total. The van der Waals surface area contributed by atoms with Crippen molar-refractivity contribution in [1.29, 1.82) is 0 Å². The molecule has 24 heavy (non-hydrogen) atoms. The van der Waals surface area contributed by atoms with Crippen LogP contribution in [0.2, 0.25) is 10.6 Å². The molecule has 0 atom stereocenters. The second-order valence-corrected chi connectivity index (χ2v) is 8.89. The minimum absolute atomic E-state index is 0.149. The summed E-state index contributed by atoms with van der Waals surface area (Å²) in [5.74, 6) is 0. The van der Waals surface area contributed by atoms with Crippen LogP contribution < -0.4 is 0 Å². The lowest BCUT2D eigenvalue weighted by Crippen LogP contribution is -2.53. The molecule has 0 amide bonds. The zero-order valence-corrected chi connectivity index (χ0v) is 16.4. The molecule has 0 saturated carbocycles. The van der Waals surface area contributed by atoms with Gasteiger partial charge in [0.05, 0.1) is 37.6 Å². The molecule has 0 N–H and O–H groups in total. The van der Waals surface area contributed by atoms with Crippen LogP contribution in [0, 0.1) is 0 Å². The van der Waals surface area contributed by atoms with E-state index in [2.05, 4.69) is 27.7 Å². The van der Waals surface area contributed by atoms with E-state index in [1.165, 1.54) is 0 Å². The van der Waals surface area contributed by atoms with Gasteiger partial charge in [-0.2, -0.15) is 0 Å². The SMILES string of the molecule is C1COCCO1.CC1(C)OOB(B2OOC(C)(C)C2(C)C)C1(C)C. The second kappa shape index (κ2) is 6.89. The largest absolute Gasteiger partial charge is 0.377 e. The van der Waals surface area contributed by atoms with E-state index < -0.39 is 0 Å². The molecule has 138 valence electrons. The fraction of sp³-hybridized carbons (Fsp3) is 1.00. The predicted molar refractivity (Wildman–Crippen MR) is 93.7 cm³/mol. The summed E-state index contributed by atoms with van der Waals surface area (Å²) in [7, 11) is 0. The summed E-state index contributed by atoms with van der Waals surface area (Å²) in [4.78, 5) is 22.2. The molecule has 0 spiro atoms. The second-order valence-electron chi connectivity index (χ2n) is 8.89. The summed E-state index contributed by atoms with van der Waals surface area (Å²) in [6.45, 7) is 19.6. The third-order valence-electron chi connectivity index (χ3n) is 6.27. The molecule has 3 aliphatic rings. The lowest BCUT2D eigenvalue weighted by atomic mass is 9.10. The molecule has 3 heterocycles. The maximum atomic E-state index is 5.59. The van der Waals surface area contributed by atoms with E-state index in [-0.39, 0.29) is 35.4 Å². The zero-order chi connectivity index (χ0) is 18.2. The van der Waals surface area contributed by atoms with Crippen molar-refractivity contribution in [2.24, 2.45) is 0 Å². The van der Waals surface area contributed by atoms with E-state index in [0.717, 1.165) is 26.4 Å². The van der Waals surface area contributed by atoms with Gasteiger partial charge in [-0.25, -0.2) is 9.78 Å². The molecule has 3 aliphatic heterocycles. The van der Waals surface area contributed by atoms with Gasteiger partial charge in [-0.05, 0) is 27.7 Å². The number of hydrogen-bond donors (Lipinski definition) is 0. The standard InChI is InChI=1S/C12H24B2O4.C4H8O2/c1-9(2)11(5,6)15-17-13(9)14-10(3,4)12(7,8)16-18-14;1-2-6-4-3-5-1/h1-8H3;1-4H2. The quantitative estimate of drug-likeness (QED) is 0.539. The first-order valence-electron chi connectivity index (χ1n) is 8.78. The molecule has 0 bridgehead atoms. The van der Waals surface area contributed by atoms with Crippen molar-refractivity contribution < 1.29 is 28.9 Å². The van der Waals surface area contributed by atoms with Gasteiger partial charge in [0.25, 0.3) is 0 Å². The van der Waals surface area contributed by atoms with Crippen LogP contribution in [0.25, 0.3) is 0 Å². The molecule has 0 unspecified atom stereocenters. The Labute approximate surface area is 146 Å². The number of rotatable bonds is 1. The molecule has 0 radical (unpaired) electrons. The Morgan fingerprint density at radius 1 is 0.542 bits per heavy atom. The minimum Gasteiger partial charge on any atom is -0.377 e. The number of hydrogen-bond acceptors (Lipinski definition) is 6. The van der Waals surface area contributed by atoms with Crippen molar-refractivity contribution in [3.8, 4) is 0 Å². The van der Waals surface area contributed by atoms with Gasteiger partial charge in [0.15, 0.2) is 0 Å². The molecular weight excluding hydrogens is 310 g/mol. The Hall–Kier alpha value is -0.110. The van der Waals surface area contributed by atoms with Gasteiger partial charge in [-0.1, -0.05) is 27.7 Å². The fourth-order valence-electron chi connectivity index (χ4n) is 2.78. The van der Waals surface area contributed by atoms with Gasteiger partial charge < -0.3 is 19.1 Å². The normalized spacial score (nSPS) is 30.0. The first kappa shape index (κ1) is 20.2. The Bertz CT molecular complexity index is 389. The predicted octanol–water partition coefficient (Wildman–Crippen LogP) is 3.12. The van der Waals surface area contributed by atoms with Gasteiger partial charge in [-0.15, -0.1) is 0 Å². The van der Waals surface area contributed by atoms with Crippen LogP contribution in [0.4, 0.5) is 0 Å². The van der Waals surface area contributed by atoms with Crippen LogP contribution in [0.1, 0.15) is 55.4 Å². The minimum atomic E-state index is -0.343. The van der Waals surface area contributed by atoms with Crippen molar-refractivity contribution in [3.63, 3.8) is 0 Å². The summed E-state index contributed by atoms with van der Waals surface area (Å²) < 4.78 is 9.89. The molecule has 0 aromatic heterocycles. The molecule has 0 aromatic carbocycles. The highest BCUT2D eigenvalue weighted by atomic mass is 17.2. The van der Waals surface area contributed by atoms with Crippen LogP contribution in [0.5, 0.6) is 0 Å². The van der Waals surface area contributed by atoms with E-state index in [1.54, 1.807) is 0 Å². The fourth-order valence-corrected chi connectivity index (χ4v) is 2.78. The molecule has 0 aromatic rings. The van der Waals surface area contributed by atoms with Gasteiger partial charge in [0.2, 0.25) is 0 Å². The summed E-state index contributed by atoms with van der Waals surface area (Å²) >= 11 is 0. The third kappa shape index (κ3) is 3.55. The monoisotopic (exact) mass is 342 g/mol. The van der Waals surface area contributed by atoms with Crippen molar-refractivity contribution in [2.45, 2.75) is 77.2 Å². The van der Waals surface area contributed by atoms with E-state index in [9.17, 15) is 0 Å². The van der Waals surface area contributed by atoms with Crippen molar-refractivity contribution in [2.75, 3.05) is 26.4 Å². The van der Waals surface area contributed by atoms with Crippen LogP contribution in [0.3, 0.4) is 0 Å². The molecule has 3 saturated heterocycles. The van der Waals surface area contributed by atoms with E-state index >= 15 is 0 Å². The molecular formula is C16H32B2O6. The highest BCUT2D eigenvalue weighted by molar-refractivity contribution is 7.19. The van der Waals surface area contributed by atoms with Crippen LogP contribution in [-0.2, 0) is 28.9 Å². The topological polar surface area (TPSA) is 55.4 Å². The maximum absolute atomic E-state index is 5.59. The third-order valence-corrected chi connectivity index (χ3v) is 6.27. The van der Waals surface area contributed by atoms with Crippen molar-refractivity contribution >= 4 is 13.6 Å². The lowest BCUT2D eigenvalue weighted by Gasteiger charge is -2.36. The zero-order valence-electron chi connectivity index (χ0n) is 16.4. The summed E-state index contributed by atoms with van der Waals surface area (Å²) in [6, 6.07) is 0. The molecule has 3 rings (SSSR count). The van der Waals surface area contributed by atoms with Gasteiger partial charge >= 0.3 is 13.6 Å². The molecule has 8 heteroatoms. The van der Waals surface area contributed by atoms with E-state index in [4.69, 9.17) is 28.9 Å². The average molecular weight is 342 g/mol. The Kier molecular flexibility index (Phi) is 5.80. The Morgan fingerprint density at radius 3 is 1.00 bits per heavy atom. The first-order chi connectivity index (χ1) is 10.9. The van der Waals surface area contributed by atoms with Crippen LogP contribution in [-0.4, -0.2) is 51.2 Å². The van der Waals surface area contributed by atoms with E-state index in [1.807, 2.05) is 27.7 Å². The van der Waals surface area contributed by atoms with Gasteiger partial charge in [0, 0.05) is 10.6 Å². The van der Waals surface area contributed by atoms with Crippen LogP contribution >= 0.6 is 0 Å². The average Bonchev–Trinajstić information content (AvgIpc) is 2.83. The highest BCUT2D eigenvalue weighted by Gasteiger charge is 2.69. The van der Waals surface area contributed by atoms with Gasteiger partial charge in [0.1, 0.15) is 0 Å². The van der Waals surface area contributed by atoms with Gasteiger partial charge in [-0.3, -0.25) is 0 Å². The smallest absolute Gasteiger partial charge is 0.353 e. The maximum Gasteiger partial charge on any atom is 0.353 e. The first-order valence-corrected chi connectivity index (χ1v) is 8.78. The van der Waals surface area contributed by atoms with Crippen LogP contribution in [0.15, 0.2) is 0 Å². The lowest BCUT2D eigenvalue weighted by molar-refractivity contribution is -0.266.